The van der Waals surface area contributed by atoms with Gasteiger partial charge in [0.25, 0.3) is 0 Å². The molecule has 45 heavy (non-hydrogen) atoms. The number of carboxylic acids is 1. The quantitative estimate of drug-likeness (QED) is 0.307. The van der Waals surface area contributed by atoms with Crippen LogP contribution in [0.4, 0.5) is 0 Å². The molecule has 9 nitrogen and oxygen atoms in total. The molecule has 4 aliphatic heterocycles. The third kappa shape index (κ3) is 4.88. The van der Waals surface area contributed by atoms with E-state index >= 15 is 0 Å². The summed E-state index contributed by atoms with van der Waals surface area (Å²) in [5.74, 6) is -3.88. The fourth-order valence-corrected chi connectivity index (χ4v) is 6.40. The minimum Gasteiger partial charge on any atom is -0.874 e. The molecule has 10 heteroatoms. The number of carboxylic acid groups (broad SMARTS) is 1. The van der Waals surface area contributed by atoms with E-state index in [4.69, 9.17) is 19.7 Å². The van der Waals surface area contributed by atoms with E-state index in [9.17, 15) is 19.8 Å². The second-order valence-electron chi connectivity index (χ2n) is 11.1. The van der Waals surface area contributed by atoms with Gasteiger partial charge in [-0.05, 0) is 91.8 Å². The number of rotatable bonds is 5. The molecule has 0 saturated carbocycles. The number of hydrogen-bond acceptors (Lipinski definition) is 8. The van der Waals surface area contributed by atoms with E-state index in [1.54, 1.807) is 13.0 Å². The molecule has 0 spiro atoms. The molecule has 1 N–H and O–H groups in total. The summed E-state index contributed by atoms with van der Waals surface area (Å²) in [6.07, 6.45) is 10.6. The summed E-state index contributed by atoms with van der Waals surface area (Å²) >= 11 is 0. The Morgan fingerprint density at radius 2 is 1.71 bits per heavy atom. The Bertz CT molecular complexity index is 2090. The first-order chi connectivity index (χ1) is 21.0. The summed E-state index contributed by atoms with van der Waals surface area (Å²) in [4.78, 5) is 42.9. The van der Waals surface area contributed by atoms with Crippen molar-refractivity contribution in [3.05, 3.63) is 108 Å². The Morgan fingerprint density at radius 3 is 2.36 bits per heavy atom. The molecular formula is C35H30MgN4O5. The van der Waals surface area contributed by atoms with Crippen LogP contribution in [0.5, 0.6) is 0 Å². The number of aromatic nitrogens is 1. The van der Waals surface area contributed by atoms with Gasteiger partial charge in [0.1, 0.15) is 0 Å². The van der Waals surface area contributed by atoms with Crippen molar-refractivity contribution < 1.29 is 24.5 Å². The summed E-state index contributed by atoms with van der Waals surface area (Å²) in [6.45, 7) is 13.7. The second-order valence-corrected chi connectivity index (χ2v) is 11.1. The van der Waals surface area contributed by atoms with Crippen LogP contribution in [0.1, 0.15) is 45.2 Å². The number of aliphatic carboxylic acids is 1. The number of nitrogens with zero attached hydrogens (tertiary/aromatic N) is 3. The Balaban J connectivity index is 0.00000400. The van der Waals surface area contributed by atoms with Gasteiger partial charge >= 0.3 is 29.0 Å². The van der Waals surface area contributed by atoms with Gasteiger partial charge in [-0.3, -0.25) is 4.79 Å². The normalized spacial score (nSPS) is 20.3. The zero-order valence-electron chi connectivity index (χ0n) is 26.0. The van der Waals surface area contributed by atoms with Gasteiger partial charge in [-0.25, -0.2) is 15.0 Å². The number of methoxy groups -OCH3 is 1. The molecule has 5 aliphatic rings. The van der Waals surface area contributed by atoms with Crippen LogP contribution in [-0.4, -0.2) is 64.2 Å². The maximum Gasteiger partial charge on any atom is 2.00 e. The van der Waals surface area contributed by atoms with Crippen LogP contribution in [0, 0.1) is 12.8 Å². The fraction of sp³-hybridized carbons (Fsp3) is 0.229. The van der Waals surface area contributed by atoms with Gasteiger partial charge in [0, 0.05) is 27.4 Å². The summed E-state index contributed by atoms with van der Waals surface area (Å²) in [6, 6.07) is 0. The number of H-pyrrole nitrogens is 1. The molecule has 222 valence electrons. The average molecular weight is 611 g/mol. The van der Waals surface area contributed by atoms with Crippen molar-refractivity contribution >= 4 is 70.4 Å². The standard InChI is InChI=1S/C35H32N4O5.Mg/c1-8-19-15(3)22-12-24-17(5)21(10-11-28(40)41)32(38-24)30-31(35(43)44-7)34(42)29-18(6)25(39-33(29)30)14-27-20(9-2)16(4)23(37-27)13-26(19)36-22;/h8,10-14,31,36,42H,1,9H2,2-7H3,(H,40,41);/q;+2/p-2/b11-10+,22-12?,26-13?,27-14?,32-30?;/t31-;/m1./s1. The number of ether oxygens (including phenoxy) is 1. The monoisotopic (exact) mass is 610 g/mol. The predicted molar refractivity (Wildman–Crippen MR) is 172 cm³/mol. The molecule has 0 unspecified atom stereocenters. The van der Waals surface area contributed by atoms with E-state index < -0.39 is 23.6 Å². The first-order valence-electron chi connectivity index (χ1n) is 14.3. The molecule has 0 amide bonds. The zero-order chi connectivity index (χ0) is 31.6. The molecule has 0 aromatic carbocycles. The molecule has 1 atom stereocenters. The van der Waals surface area contributed by atoms with Crippen molar-refractivity contribution in [2.45, 2.75) is 41.0 Å². The molecule has 6 rings (SSSR count). The molecule has 1 aromatic heterocycles. The third-order valence-corrected chi connectivity index (χ3v) is 8.78. The van der Waals surface area contributed by atoms with Crippen LogP contribution < -0.4 is 20.9 Å². The number of nitrogens with one attached hydrogen (secondary N) is 1. The number of hydrogen-bond donors (Lipinski definition) is 1. The van der Waals surface area contributed by atoms with Crippen molar-refractivity contribution in [2.75, 3.05) is 7.11 Å². The van der Waals surface area contributed by atoms with E-state index in [-0.39, 0.29) is 34.3 Å². The number of fused-ring (bicyclic) bond motifs is 5. The SMILES string of the molecule is C=Cc1c(C)c2[nH]c1=CC1=NC(=CC3=C(C)C4=C([O-])[C@H](C(=O)OC)C(=C5N=C(C=2)C(C)=C5/C=C/C(=O)[O-])C4=N3)C(CC)=C1C.[Mg+2]. The van der Waals surface area contributed by atoms with Crippen molar-refractivity contribution in [1.29, 1.82) is 0 Å². The van der Waals surface area contributed by atoms with Crippen molar-refractivity contribution in [1.82, 2.24) is 4.98 Å². The first-order valence-corrected chi connectivity index (χ1v) is 14.3. The molecule has 0 radical (unpaired) electrons. The first kappa shape index (κ1) is 31.9. The summed E-state index contributed by atoms with van der Waals surface area (Å²) in [7, 11) is 1.22. The van der Waals surface area contributed by atoms with E-state index in [0.29, 0.717) is 39.4 Å². The number of allylic oxidation sites excluding steroid dienone is 7. The van der Waals surface area contributed by atoms with Gasteiger partial charge in [-0.15, -0.1) is 5.76 Å². The van der Waals surface area contributed by atoms with Gasteiger partial charge in [0.05, 0.1) is 53.2 Å². The van der Waals surface area contributed by atoms with E-state index in [1.165, 1.54) is 13.2 Å². The molecule has 1 aromatic rings. The maximum atomic E-state index is 13.9. The Morgan fingerprint density at radius 1 is 1.02 bits per heavy atom. The summed E-state index contributed by atoms with van der Waals surface area (Å²) < 4.78 is 5.07. The largest absolute Gasteiger partial charge is 2.00 e. The van der Waals surface area contributed by atoms with E-state index in [1.807, 2.05) is 39.0 Å². The minimum absolute atomic E-state index is 0. The number of carbonyl (C=O) groups is 2. The summed E-state index contributed by atoms with van der Waals surface area (Å²) in [5.41, 5.74) is 9.51. The number of carbonyl (C=O) groups excluding carboxylic acids is 2. The number of aliphatic imine (C=N–C) groups is 3. The van der Waals surface area contributed by atoms with Gasteiger partial charge in [-0.2, -0.15) is 0 Å². The topological polar surface area (TPSA) is 142 Å². The van der Waals surface area contributed by atoms with Gasteiger partial charge < -0.3 is 24.7 Å². The Kier molecular flexibility index (Phi) is 8.32. The molecule has 1 aliphatic carbocycles. The molecule has 0 saturated heterocycles. The molecular weight excluding hydrogens is 581 g/mol. The van der Waals surface area contributed by atoms with Crippen LogP contribution in [0.25, 0.3) is 18.2 Å². The van der Waals surface area contributed by atoms with Crippen molar-refractivity contribution in [3.8, 4) is 0 Å². The van der Waals surface area contributed by atoms with Crippen molar-refractivity contribution in [3.63, 3.8) is 0 Å². The van der Waals surface area contributed by atoms with Crippen LogP contribution in [0.15, 0.2) is 102 Å². The summed E-state index contributed by atoms with van der Waals surface area (Å²) in [5, 5.41) is 27.0. The minimum atomic E-state index is -1.39. The van der Waals surface area contributed by atoms with Gasteiger partial charge in [-0.1, -0.05) is 25.7 Å². The van der Waals surface area contributed by atoms with E-state index in [0.717, 1.165) is 56.9 Å². The predicted octanol–water partition coefficient (Wildman–Crippen LogP) is 1.70. The smallest absolute Gasteiger partial charge is 0.874 e. The Hall–Kier alpha value is -4.54. The zero-order valence-corrected chi connectivity index (χ0v) is 27.5. The van der Waals surface area contributed by atoms with Crippen LogP contribution >= 0.6 is 0 Å². The van der Waals surface area contributed by atoms with Gasteiger partial charge in [0.2, 0.25) is 0 Å². The Labute approximate surface area is 276 Å². The van der Waals surface area contributed by atoms with E-state index in [2.05, 4.69) is 18.5 Å². The second kappa shape index (κ2) is 11.8. The number of aromatic amines is 1. The van der Waals surface area contributed by atoms with Crippen LogP contribution in [-0.2, 0) is 14.3 Å². The van der Waals surface area contributed by atoms with Crippen LogP contribution in [0.2, 0.25) is 0 Å². The van der Waals surface area contributed by atoms with Crippen molar-refractivity contribution in [2.24, 2.45) is 20.9 Å². The fourth-order valence-electron chi connectivity index (χ4n) is 6.40. The molecule has 0 fully saturated rings. The average Bonchev–Trinajstić information content (AvgIpc) is 3.72. The van der Waals surface area contributed by atoms with Crippen LogP contribution in [0.3, 0.4) is 0 Å². The molecule has 5 heterocycles. The number of esters is 1. The maximum absolute atomic E-state index is 13.9. The third-order valence-electron chi connectivity index (χ3n) is 8.78. The van der Waals surface area contributed by atoms with Gasteiger partial charge in [0.15, 0.2) is 0 Å². The molecule has 8 bridgehead atoms.